The topological polar surface area (TPSA) is 69.8 Å². The Kier molecular flexibility index (Phi) is 3.66. The van der Waals surface area contributed by atoms with Crippen molar-refractivity contribution in [3.05, 3.63) is 23.2 Å². The van der Waals surface area contributed by atoms with Gasteiger partial charge in [-0.15, -0.1) is 0 Å². The number of rotatable bonds is 2. The van der Waals surface area contributed by atoms with Crippen molar-refractivity contribution in [2.24, 2.45) is 5.92 Å². The molecule has 4 rings (SSSR count). The van der Waals surface area contributed by atoms with Crippen LogP contribution in [-0.4, -0.2) is 53.2 Å². The van der Waals surface area contributed by atoms with Crippen LogP contribution in [0.25, 0.3) is 11.1 Å². The number of benzene rings is 1. The second kappa shape index (κ2) is 5.69. The lowest BCUT2D eigenvalue weighted by Gasteiger charge is -2.40. The molecule has 122 valence electrons. The second-order valence-corrected chi connectivity index (χ2v) is 6.73. The third kappa shape index (κ3) is 2.77. The number of aromatic nitrogens is 1. The zero-order valence-electron chi connectivity index (χ0n) is 12.6. The van der Waals surface area contributed by atoms with Crippen molar-refractivity contribution >= 4 is 34.6 Å². The molecule has 0 bridgehead atoms. The van der Waals surface area contributed by atoms with E-state index in [1.54, 1.807) is 17.0 Å². The maximum absolute atomic E-state index is 12.4. The minimum absolute atomic E-state index is 0.0603. The third-order valence-electron chi connectivity index (χ3n) is 4.55. The Morgan fingerprint density at radius 3 is 2.96 bits per heavy atom. The van der Waals surface area contributed by atoms with Crippen LogP contribution < -0.4 is 4.90 Å². The van der Waals surface area contributed by atoms with Crippen LogP contribution in [0.5, 0.6) is 0 Å². The van der Waals surface area contributed by atoms with E-state index in [-0.39, 0.29) is 17.9 Å². The van der Waals surface area contributed by atoms with Crippen LogP contribution in [0.2, 0.25) is 5.02 Å². The maximum Gasteiger partial charge on any atom is 0.298 e. The van der Waals surface area contributed by atoms with Crippen LogP contribution in [0.1, 0.15) is 12.8 Å². The quantitative estimate of drug-likeness (QED) is 0.907. The molecule has 0 saturated carbocycles. The summed E-state index contributed by atoms with van der Waals surface area (Å²) in [5.41, 5.74) is 1.43. The van der Waals surface area contributed by atoms with E-state index in [4.69, 9.17) is 16.0 Å². The van der Waals surface area contributed by atoms with E-state index >= 15 is 0 Å². The summed E-state index contributed by atoms with van der Waals surface area (Å²) >= 11 is 5.98. The Labute approximate surface area is 138 Å². The first-order chi connectivity index (χ1) is 11.1. The predicted molar refractivity (Wildman–Crippen MR) is 86.5 cm³/mol. The molecule has 1 unspecified atom stereocenters. The van der Waals surface area contributed by atoms with Crippen LogP contribution in [0, 0.1) is 5.92 Å². The average molecular weight is 336 g/mol. The highest BCUT2D eigenvalue weighted by atomic mass is 35.5. The molecule has 1 atom stereocenters. The van der Waals surface area contributed by atoms with Crippen molar-refractivity contribution in [3.8, 4) is 0 Å². The lowest BCUT2D eigenvalue weighted by molar-refractivity contribution is -0.146. The zero-order chi connectivity index (χ0) is 16.0. The Balaban J connectivity index is 1.50. The van der Waals surface area contributed by atoms with Gasteiger partial charge in [-0.3, -0.25) is 4.79 Å². The number of carbonyl (C=O) groups excluding carboxylic acids is 1. The summed E-state index contributed by atoms with van der Waals surface area (Å²) in [7, 11) is 0. The van der Waals surface area contributed by atoms with Gasteiger partial charge in [-0.25, -0.2) is 0 Å². The molecule has 3 heterocycles. The zero-order valence-corrected chi connectivity index (χ0v) is 13.4. The van der Waals surface area contributed by atoms with E-state index in [1.807, 2.05) is 11.0 Å². The van der Waals surface area contributed by atoms with Gasteiger partial charge in [0, 0.05) is 31.2 Å². The molecule has 1 amide bonds. The predicted octanol–water partition coefficient (Wildman–Crippen LogP) is 1.90. The number of fused-ring (bicyclic) bond motifs is 1. The van der Waals surface area contributed by atoms with Crippen LogP contribution in [0.3, 0.4) is 0 Å². The number of anilines is 1. The lowest BCUT2D eigenvalue weighted by atomic mass is 9.95. The molecular formula is C16H18ClN3O3. The summed E-state index contributed by atoms with van der Waals surface area (Å²) in [6, 6.07) is 5.90. The molecule has 1 aromatic heterocycles. The Morgan fingerprint density at radius 2 is 2.17 bits per heavy atom. The summed E-state index contributed by atoms with van der Waals surface area (Å²) in [6.45, 7) is 2.34. The number of oxazole rings is 1. The molecule has 7 heteroatoms. The first kappa shape index (κ1) is 14.8. The number of carbonyl (C=O) groups is 1. The number of likely N-dealkylation sites (tertiary alicyclic amines) is 1. The van der Waals surface area contributed by atoms with Gasteiger partial charge < -0.3 is 19.3 Å². The Morgan fingerprint density at radius 1 is 1.35 bits per heavy atom. The van der Waals surface area contributed by atoms with Crippen molar-refractivity contribution < 1.29 is 14.3 Å². The molecular weight excluding hydrogens is 318 g/mol. The number of aliphatic hydroxyl groups is 1. The van der Waals surface area contributed by atoms with Crippen LogP contribution in [0.4, 0.5) is 6.01 Å². The first-order valence-electron chi connectivity index (χ1n) is 7.88. The summed E-state index contributed by atoms with van der Waals surface area (Å²) < 4.78 is 5.80. The van der Waals surface area contributed by atoms with Crippen LogP contribution in [-0.2, 0) is 4.79 Å². The Hall–Kier alpha value is -1.79. The van der Waals surface area contributed by atoms with Gasteiger partial charge in [0.1, 0.15) is 5.52 Å². The summed E-state index contributed by atoms with van der Waals surface area (Å²) in [4.78, 5) is 20.7. The smallest absolute Gasteiger partial charge is 0.298 e. The normalized spacial score (nSPS) is 22.4. The molecule has 2 saturated heterocycles. The minimum atomic E-state index is -0.361. The molecule has 0 spiro atoms. The fourth-order valence-corrected chi connectivity index (χ4v) is 3.44. The molecule has 2 aliphatic rings. The number of hydrogen-bond acceptors (Lipinski definition) is 5. The number of β-amino-alcohol motifs (C(OH)–C–C–N with tert-alkyl or cyclic N) is 1. The van der Waals surface area contributed by atoms with E-state index in [0.717, 1.165) is 24.9 Å². The standard InChI is InChI=1S/C16H18ClN3O3/c17-11-3-4-14-13(6-11)18-16(23-14)19-5-1-2-10(7-19)15(22)20-8-12(21)9-20/h3-4,6,10,12,21H,1-2,5,7-9H2. The third-order valence-corrected chi connectivity index (χ3v) is 4.79. The van der Waals surface area contributed by atoms with E-state index < -0.39 is 0 Å². The van der Waals surface area contributed by atoms with Gasteiger partial charge in [0.05, 0.1) is 12.0 Å². The van der Waals surface area contributed by atoms with Gasteiger partial charge in [0.2, 0.25) is 5.91 Å². The molecule has 2 aromatic rings. The van der Waals surface area contributed by atoms with Gasteiger partial charge in [-0.2, -0.15) is 4.98 Å². The van der Waals surface area contributed by atoms with E-state index in [1.165, 1.54) is 0 Å². The maximum atomic E-state index is 12.4. The molecule has 0 aliphatic carbocycles. The highest BCUT2D eigenvalue weighted by molar-refractivity contribution is 6.31. The highest BCUT2D eigenvalue weighted by Crippen LogP contribution is 2.29. The largest absolute Gasteiger partial charge is 0.423 e. The average Bonchev–Trinajstić information content (AvgIpc) is 2.94. The fraction of sp³-hybridized carbons (Fsp3) is 0.500. The molecule has 1 N–H and O–H groups in total. The fourth-order valence-electron chi connectivity index (χ4n) is 3.27. The van der Waals surface area contributed by atoms with Crippen molar-refractivity contribution in [3.63, 3.8) is 0 Å². The number of nitrogens with zero attached hydrogens (tertiary/aromatic N) is 3. The Bertz CT molecular complexity index is 741. The van der Waals surface area contributed by atoms with Crippen LogP contribution in [0.15, 0.2) is 22.6 Å². The van der Waals surface area contributed by atoms with Gasteiger partial charge in [0.15, 0.2) is 5.58 Å². The van der Waals surface area contributed by atoms with E-state index in [0.29, 0.717) is 36.3 Å². The number of amides is 1. The van der Waals surface area contributed by atoms with Gasteiger partial charge in [-0.1, -0.05) is 11.6 Å². The van der Waals surface area contributed by atoms with Gasteiger partial charge in [-0.05, 0) is 31.0 Å². The van der Waals surface area contributed by atoms with Crippen molar-refractivity contribution in [2.45, 2.75) is 18.9 Å². The molecule has 6 nitrogen and oxygen atoms in total. The lowest BCUT2D eigenvalue weighted by Crippen LogP contribution is -2.57. The summed E-state index contributed by atoms with van der Waals surface area (Å²) in [6.07, 6.45) is 1.43. The van der Waals surface area contributed by atoms with Gasteiger partial charge >= 0.3 is 0 Å². The molecule has 2 aliphatic heterocycles. The highest BCUT2D eigenvalue weighted by Gasteiger charge is 2.36. The van der Waals surface area contributed by atoms with Crippen molar-refractivity contribution in [1.82, 2.24) is 9.88 Å². The summed E-state index contributed by atoms with van der Waals surface area (Å²) in [5.74, 6) is 0.0639. The number of halogens is 1. The molecule has 23 heavy (non-hydrogen) atoms. The molecule has 0 radical (unpaired) electrons. The second-order valence-electron chi connectivity index (χ2n) is 6.29. The molecule has 1 aromatic carbocycles. The first-order valence-corrected chi connectivity index (χ1v) is 8.26. The SMILES string of the molecule is O=C(C1CCCN(c2nc3cc(Cl)ccc3o2)C1)N1CC(O)C1. The van der Waals surface area contributed by atoms with Crippen molar-refractivity contribution in [2.75, 3.05) is 31.1 Å². The van der Waals surface area contributed by atoms with Crippen molar-refractivity contribution in [1.29, 1.82) is 0 Å². The number of aliphatic hydroxyl groups excluding tert-OH is 1. The van der Waals surface area contributed by atoms with E-state index in [9.17, 15) is 9.90 Å². The molecule has 2 fully saturated rings. The number of piperidine rings is 1. The minimum Gasteiger partial charge on any atom is -0.423 e. The van der Waals surface area contributed by atoms with E-state index in [2.05, 4.69) is 4.98 Å². The van der Waals surface area contributed by atoms with Gasteiger partial charge in [0.25, 0.3) is 6.01 Å². The summed E-state index contributed by atoms with van der Waals surface area (Å²) in [5, 5.41) is 9.98. The van der Waals surface area contributed by atoms with Crippen LogP contribution >= 0.6 is 11.6 Å². The monoisotopic (exact) mass is 335 g/mol. The number of hydrogen-bond donors (Lipinski definition) is 1.